The van der Waals surface area contributed by atoms with Crippen LogP contribution in [0.25, 0.3) is 11.3 Å². The second-order valence-corrected chi connectivity index (χ2v) is 11.1. The van der Waals surface area contributed by atoms with Crippen molar-refractivity contribution in [3.05, 3.63) is 70.4 Å². The predicted molar refractivity (Wildman–Crippen MR) is 133 cm³/mol. The first-order valence-corrected chi connectivity index (χ1v) is 12.8. The van der Waals surface area contributed by atoms with Crippen LogP contribution in [-0.4, -0.2) is 43.5 Å². The summed E-state index contributed by atoms with van der Waals surface area (Å²) in [5.74, 6) is -0.636. The van der Waals surface area contributed by atoms with Crippen LogP contribution < -0.4 is 19.9 Å². The molecular weight excluding hydrogens is 487 g/mol. The highest BCUT2D eigenvalue weighted by Crippen LogP contribution is 2.38. The van der Waals surface area contributed by atoms with Gasteiger partial charge in [-0.05, 0) is 62.6 Å². The topological polar surface area (TPSA) is 121 Å². The van der Waals surface area contributed by atoms with Gasteiger partial charge in [-0.3, -0.25) is 9.59 Å². The number of amides is 1. The molecule has 1 fully saturated rings. The Bertz CT molecular complexity index is 1490. The Hall–Kier alpha value is -3.73. The monoisotopic (exact) mass is 514 g/mol. The van der Waals surface area contributed by atoms with Gasteiger partial charge in [-0.2, -0.15) is 0 Å². The van der Waals surface area contributed by atoms with Crippen LogP contribution in [0, 0.1) is 11.7 Å². The molecule has 0 spiro atoms. The zero-order chi connectivity index (χ0) is 26.3. The van der Waals surface area contributed by atoms with Crippen LogP contribution in [0.4, 0.5) is 10.2 Å². The fourth-order valence-electron chi connectivity index (χ4n) is 4.62. The summed E-state index contributed by atoms with van der Waals surface area (Å²) in [6, 6.07) is 9.70. The lowest BCUT2D eigenvalue weighted by molar-refractivity contribution is 0.0981. The van der Waals surface area contributed by atoms with E-state index >= 15 is 0 Å². The van der Waals surface area contributed by atoms with Gasteiger partial charge in [0.15, 0.2) is 4.90 Å². The van der Waals surface area contributed by atoms with Gasteiger partial charge in [-0.25, -0.2) is 22.5 Å². The largest absolute Gasteiger partial charge is 0.497 e. The number of ether oxygens (including phenoxy) is 1. The van der Waals surface area contributed by atoms with Crippen molar-refractivity contribution in [3.8, 4) is 17.0 Å². The first-order valence-electron chi connectivity index (χ1n) is 11.3. The van der Waals surface area contributed by atoms with E-state index in [2.05, 4.69) is 16.9 Å². The minimum Gasteiger partial charge on any atom is -0.497 e. The first kappa shape index (κ1) is 25.4. The Morgan fingerprint density at radius 1 is 1.25 bits per heavy atom. The van der Waals surface area contributed by atoms with Gasteiger partial charge < -0.3 is 14.6 Å². The van der Waals surface area contributed by atoms with Crippen LogP contribution in [0.1, 0.15) is 37.6 Å². The number of H-pyrrole nitrogens is 1. The minimum absolute atomic E-state index is 0.00854. The second-order valence-electron chi connectivity index (χ2n) is 9.44. The van der Waals surface area contributed by atoms with Crippen LogP contribution in [0.3, 0.4) is 0 Å². The fraction of sp³-hybridized carbons (Fsp3) is 0.320. The first-order chi connectivity index (χ1) is 16.9. The van der Waals surface area contributed by atoms with Crippen LogP contribution in [0.5, 0.6) is 5.75 Å². The third-order valence-corrected chi connectivity index (χ3v) is 7.55. The van der Waals surface area contributed by atoms with Crippen molar-refractivity contribution >= 4 is 21.7 Å². The maximum Gasteiger partial charge on any atom is 0.269 e. The Labute approximate surface area is 208 Å². The fourth-order valence-corrected chi connectivity index (χ4v) is 5.65. The lowest BCUT2D eigenvalue weighted by atomic mass is 9.97. The standard InChI is InChI=1S/C25H27FN4O5S/c1-15-13-25(2,3)30(14-15)22-18(23(31)29-36(33,34)21-6-5-11-27-24(21)32)9-10-20(28-22)17-8-7-16(35-4)12-19(17)26/h5-12,15H,13-14H2,1-4H3,(H,27,32)(H,29,31)/t15-/m0/s1. The molecule has 3 aromatic rings. The third-order valence-electron chi connectivity index (χ3n) is 6.20. The Morgan fingerprint density at radius 2 is 2.00 bits per heavy atom. The molecule has 0 radical (unpaired) electrons. The summed E-state index contributed by atoms with van der Waals surface area (Å²) in [7, 11) is -3.02. The number of nitrogens with zero attached hydrogens (tertiary/aromatic N) is 2. The van der Waals surface area contributed by atoms with E-state index in [9.17, 15) is 22.4 Å². The van der Waals surface area contributed by atoms with Crippen molar-refractivity contribution in [2.75, 3.05) is 18.6 Å². The predicted octanol–water partition coefficient (Wildman–Crippen LogP) is 3.33. The van der Waals surface area contributed by atoms with E-state index in [-0.39, 0.29) is 28.6 Å². The van der Waals surface area contributed by atoms with E-state index in [0.29, 0.717) is 12.3 Å². The summed E-state index contributed by atoms with van der Waals surface area (Å²) < 4.78 is 47.5. The van der Waals surface area contributed by atoms with Gasteiger partial charge >= 0.3 is 0 Å². The molecule has 1 aliphatic rings. The number of nitrogens with one attached hydrogen (secondary N) is 2. The molecule has 190 valence electrons. The lowest BCUT2D eigenvalue weighted by Gasteiger charge is -2.34. The van der Waals surface area contributed by atoms with Crippen LogP contribution in [0.15, 0.2) is 58.4 Å². The number of carbonyl (C=O) groups excluding carboxylic acids is 1. The van der Waals surface area contributed by atoms with Crippen LogP contribution in [-0.2, 0) is 10.0 Å². The molecule has 1 atom stereocenters. The molecule has 0 unspecified atom stereocenters. The number of anilines is 1. The van der Waals surface area contributed by atoms with Gasteiger partial charge in [0.05, 0.1) is 18.4 Å². The van der Waals surface area contributed by atoms with E-state index in [0.717, 1.165) is 12.5 Å². The molecule has 0 aliphatic carbocycles. The number of benzene rings is 1. The summed E-state index contributed by atoms with van der Waals surface area (Å²) in [5, 5.41) is 0. The molecule has 1 amide bonds. The quantitative estimate of drug-likeness (QED) is 0.518. The average molecular weight is 515 g/mol. The Kier molecular flexibility index (Phi) is 6.61. The van der Waals surface area contributed by atoms with Crippen molar-refractivity contribution in [2.24, 2.45) is 5.92 Å². The number of aromatic amines is 1. The SMILES string of the molecule is COc1ccc(-c2ccc(C(=O)NS(=O)(=O)c3ccc[nH]c3=O)c(N3C[C@@H](C)CC3(C)C)n2)c(F)c1. The van der Waals surface area contributed by atoms with Crippen LogP contribution >= 0.6 is 0 Å². The molecular formula is C25H27FN4O5S. The summed E-state index contributed by atoms with van der Waals surface area (Å²) in [4.78, 5) is 33.5. The molecule has 36 heavy (non-hydrogen) atoms. The third kappa shape index (κ3) is 4.83. The van der Waals surface area contributed by atoms with Gasteiger partial charge in [0.1, 0.15) is 17.4 Å². The van der Waals surface area contributed by atoms with Crippen molar-refractivity contribution < 1.29 is 22.3 Å². The van der Waals surface area contributed by atoms with E-state index in [4.69, 9.17) is 4.74 Å². The smallest absolute Gasteiger partial charge is 0.269 e. The number of halogens is 1. The number of aromatic nitrogens is 2. The molecule has 11 heteroatoms. The number of hydrogen-bond acceptors (Lipinski definition) is 7. The minimum atomic E-state index is -4.46. The molecule has 3 heterocycles. The summed E-state index contributed by atoms with van der Waals surface area (Å²) >= 11 is 0. The van der Waals surface area contributed by atoms with E-state index in [1.807, 2.05) is 23.5 Å². The molecule has 0 bridgehead atoms. The number of hydrogen-bond donors (Lipinski definition) is 2. The highest BCUT2D eigenvalue weighted by molar-refractivity contribution is 7.90. The van der Waals surface area contributed by atoms with E-state index in [1.54, 1.807) is 6.07 Å². The molecule has 1 aliphatic heterocycles. The maximum absolute atomic E-state index is 14.8. The maximum atomic E-state index is 14.8. The number of sulfonamides is 1. The zero-order valence-corrected chi connectivity index (χ0v) is 21.1. The number of methoxy groups -OCH3 is 1. The average Bonchev–Trinajstić information content (AvgIpc) is 3.10. The van der Waals surface area contributed by atoms with Gasteiger partial charge in [0.2, 0.25) is 0 Å². The van der Waals surface area contributed by atoms with Gasteiger partial charge in [-0.1, -0.05) is 6.92 Å². The molecule has 1 saturated heterocycles. The Balaban J connectivity index is 1.80. The molecule has 0 saturated carbocycles. The van der Waals surface area contributed by atoms with Gasteiger partial charge in [-0.15, -0.1) is 0 Å². The normalized spacial score (nSPS) is 17.1. The number of pyridine rings is 2. The van der Waals surface area contributed by atoms with Gasteiger partial charge in [0.25, 0.3) is 21.5 Å². The molecule has 4 rings (SSSR count). The van der Waals surface area contributed by atoms with Crippen molar-refractivity contribution in [2.45, 2.75) is 37.6 Å². The molecule has 1 aromatic carbocycles. The number of carbonyl (C=O) groups is 1. The van der Waals surface area contributed by atoms with E-state index < -0.39 is 37.7 Å². The lowest BCUT2D eigenvalue weighted by Crippen LogP contribution is -2.41. The number of rotatable bonds is 6. The van der Waals surface area contributed by atoms with Crippen molar-refractivity contribution in [3.63, 3.8) is 0 Å². The molecule has 9 nitrogen and oxygen atoms in total. The summed E-state index contributed by atoms with van der Waals surface area (Å²) in [6.45, 7) is 6.64. The molecule has 2 N–H and O–H groups in total. The summed E-state index contributed by atoms with van der Waals surface area (Å²) in [6.07, 6.45) is 2.10. The van der Waals surface area contributed by atoms with Gasteiger partial charge in [0, 0.05) is 29.9 Å². The zero-order valence-electron chi connectivity index (χ0n) is 20.3. The van der Waals surface area contributed by atoms with Crippen molar-refractivity contribution in [1.29, 1.82) is 0 Å². The highest BCUT2D eigenvalue weighted by atomic mass is 32.2. The second kappa shape index (κ2) is 9.38. The highest BCUT2D eigenvalue weighted by Gasteiger charge is 2.39. The van der Waals surface area contributed by atoms with E-state index in [1.165, 1.54) is 43.6 Å². The molecule has 2 aromatic heterocycles. The summed E-state index contributed by atoms with van der Waals surface area (Å²) in [5.41, 5.74) is -0.771. The van der Waals surface area contributed by atoms with Crippen LogP contribution in [0.2, 0.25) is 0 Å². The van der Waals surface area contributed by atoms with Crippen molar-refractivity contribution in [1.82, 2.24) is 14.7 Å². The Morgan fingerprint density at radius 3 is 2.61 bits per heavy atom.